The van der Waals surface area contributed by atoms with Crippen molar-refractivity contribution in [1.29, 1.82) is 0 Å². The average Bonchev–Trinajstić information content (AvgIpc) is 3.49. The van der Waals surface area contributed by atoms with Crippen molar-refractivity contribution in [1.82, 2.24) is 15.3 Å². The zero-order chi connectivity index (χ0) is 35.0. The van der Waals surface area contributed by atoms with Crippen LogP contribution < -0.4 is 16.8 Å². The number of carboxylic acids is 1. The van der Waals surface area contributed by atoms with Crippen LogP contribution in [0.1, 0.15) is 63.2 Å². The predicted octanol–water partition coefficient (Wildman–Crippen LogP) is 0.487. The van der Waals surface area contributed by atoms with Gasteiger partial charge < -0.3 is 57.3 Å². The number of hydrogen-bond donors (Lipinski definition) is 10. The van der Waals surface area contributed by atoms with Gasteiger partial charge in [-0.3, -0.25) is 14.8 Å². The molecule has 15 nitrogen and oxygen atoms in total. The number of carboxylic acid groups (broad SMARTS) is 1. The van der Waals surface area contributed by atoms with Crippen LogP contribution in [0.3, 0.4) is 0 Å². The molecule has 4 rings (SSSR count). The predicted molar refractivity (Wildman–Crippen MR) is 173 cm³/mol. The monoisotopic (exact) mass is 684 g/mol. The first-order valence-electron chi connectivity index (χ1n) is 14.3. The molecule has 0 spiro atoms. The van der Waals surface area contributed by atoms with Crippen molar-refractivity contribution in [2.24, 2.45) is 5.73 Å². The van der Waals surface area contributed by atoms with Crippen LogP contribution in [0.4, 0.5) is 0 Å². The van der Waals surface area contributed by atoms with Crippen LogP contribution in [0.15, 0.2) is 24.5 Å². The van der Waals surface area contributed by atoms with Crippen molar-refractivity contribution in [2.45, 2.75) is 79.2 Å². The highest BCUT2D eigenvalue weighted by Gasteiger charge is 2.26. The minimum Gasteiger partial charge on any atom is -0.507 e. The minimum absolute atomic E-state index is 0. The summed E-state index contributed by atoms with van der Waals surface area (Å²) >= 11 is 0. The number of halogens is 1. The highest BCUT2D eigenvalue weighted by molar-refractivity contribution is 5.87. The molecule has 1 fully saturated rings. The molecule has 3 aromatic rings. The van der Waals surface area contributed by atoms with Gasteiger partial charge in [-0.2, -0.15) is 0 Å². The third kappa shape index (κ3) is 12.6. The number of phenols is 1. The van der Waals surface area contributed by atoms with E-state index < -0.39 is 12.0 Å². The largest absolute Gasteiger partial charge is 0.507 e. The SMILES string of the molecule is COCc1c(CO)cnc(C)c1O.Cc1ccc(CO)c(C[NH3+])c1O.Cc1ncc(CO)c(CN)c1O.Cl.O=C1CC[C@@H](C(=O)O)N1. The lowest BCUT2D eigenvalue weighted by Gasteiger charge is -2.09. The lowest BCUT2D eigenvalue weighted by molar-refractivity contribution is -0.386. The number of aliphatic hydroxyl groups excluding tert-OH is 3. The van der Waals surface area contributed by atoms with Gasteiger partial charge in [0.1, 0.15) is 29.8 Å². The fourth-order valence-electron chi connectivity index (χ4n) is 4.20. The van der Waals surface area contributed by atoms with E-state index in [1.165, 1.54) is 13.3 Å². The Hall–Kier alpha value is -4.09. The van der Waals surface area contributed by atoms with Gasteiger partial charge in [-0.05, 0) is 38.3 Å². The lowest BCUT2D eigenvalue weighted by atomic mass is 10.0. The van der Waals surface area contributed by atoms with Gasteiger partial charge in [-0.1, -0.05) is 12.1 Å². The molecule has 47 heavy (non-hydrogen) atoms. The molecule has 0 unspecified atom stereocenters. The number of nitrogens with one attached hydrogen (secondary N) is 1. The number of rotatable bonds is 8. The minimum atomic E-state index is -0.944. The van der Waals surface area contributed by atoms with Gasteiger partial charge in [0.25, 0.3) is 0 Å². The van der Waals surface area contributed by atoms with Crippen LogP contribution in [0.25, 0.3) is 0 Å². The number of aliphatic hydroxyl groups is 3. The summed E-state index contributed by atoms with van der Waals surface area (Å²) in [6.45, 7) is 5.89. The number of hydrogen-bond acceptors (Lipinski definition) is 12. The van der Waals surface area contributed by atoms with Gasteiger partial charge in [-0.15, -0.1) is 12.4 Å². The zero-order valence-electron chi connectivity index (χ0n) is 27.0. The fraction of sp³-hybridized carbons (Fsp3) is 0.419. The molecule has 1 saturated heterocycles. The van der Waals surface area contributed by atoms with E-state index in [1.807, 2.05) is 13.0 Å². The number of methoxy groups -OCH3 is 1. The molecule has 3 heterocycles. The van der Waals surface area contributed by atoms with Crippen LogP contribution in [-0.2, 0) is 53.8 Å². The first-order chi connectivity index (χ1) is 21.8. The maximum absolute atomic E-state index is 10.4. The number of amides is 1. The number of pyridine rings is 2. The van der Waals surface area contributed by atoms with Gasteiger partial charge >= 0.3 is 5.97 Å². The molecule has 262 valence electrons. The van der Waals surface area contributed by atoms with E-state index >= 15 is 0 Å². The fourth-order valence-corrected chi connectivity index (χ4v) is 4.20. The van der Waals surface area contributed by atoms with Gasteiger partial charge in [0.05, 0.1) is 43.4 Å². The first kappa shape index (κ1) is 42.9. The quantitative estimate of drug-likeness (QED) is 0.155. The van der Waals surface area contributed by atoms with E-state index in [1.54, 1.807) is 26.1 Å². The number of aromatic hydroxyl groups is 3. The van der Waals surface area contributed by atoms with E-state index in [0.717, 1.165) is 16.7 Å². The molecule has 1 aliphatic rings. The van der Waals surface area contributed by atoms with Crippen LogP contribution in [0, 0.1) is 20.8 Å². The summed E-state index contributed by atoms with van der Waals surface area (Å²) in [5.41, 5.74) is 14.9. The van der Waals surface area contributed by atoms with Crippen molar-refractivity contribution in [2.75, 3.05) is 7.11 Å². The van der Waals surface area contributed by atoms with Crippen LogP contribution in [-0.4, -0.2) is 70.7 Å². The van der Waals surface area contributed by atoms with Crippen molar-refractivity contribution in [3.8, 4) is 17.2 Å². The molecule has 2 aromatic heterocycles. The number of benzene rings is 1. The summed E-state index contributed by atoms with van der Waals surface area (Å²) in [5.74, 6) is -0.655. The van der Waals surface area contributed by atoms with Crippen molar-refractivity contribution in [3.05, 3.63) is 74.9 Å². The maximum Gasteiger partial charge on any atom is 0.326 e. The number of nitrogens with two attached hydrogens (primary N) is 1. The zero-order valence-corrected chi connectivity index (χ0v) is 27.8. The van der Waals surface area contributed by atoms with Crippen molar-refractivity contribution < 1.29 is 55.8 Å². The van der Waals surface area contributed by atoms with Crippen LogP contribution >= 0.6 is 12.4 Å². The summed E-state index contributed by atoms with van der Waals surface area (Å²) in [4.78, 5) is 28.3. The first-order valence-corrected chi connectivity index (χ1v) is 14.3. The molecule has 1 amide bonds. The summed E-state index contributed by atoms with van der Waals surface area (Å²) < 4.78 is 4.91. The normalized spacial score (nSPS) is 13.0. The molecule has 1 atom stereocenters. The third-order valence-electron chi connectivity index (χ3n) is 6.99. The number of aromatic nitrogens is 2. The molecule has 0 bridgehead atoms. The Labute approximate surface area is 279 Å². The van der Waals surface area contributed by atoms with Crippen LogP contribution in [0.2, 0.25) is 0 Å². The van der Waals surface area contributed by atoms with E-state index in [-0.39, 0.29) is 68.5 Å². The third-order valence-corrected chi connectivity index (χ3v) is 6.99. The summed E-state index contributed by atoms with van der Waals surface area (Å²) in [5, 5.41) is 66.0. The number of nitrogens with zero attached hydrogens (tertiary/aromatic N) is 2. The highest BCUT2D eigenvalue weighted by Crippen LogP contribution is 2.25. The van der Waals surface area contributed by atoms with E-state index in [0.29, 0.717) is 53.0 Å². The second kappa shape index (κ2) is 21.7. The lowest BCUT2D eigenvalue weighted by Crippen LogP contribution is -2.47. The summed E-state index contributed by atoms with van der Waals surface area (Å²) in [7, 11) is 1.54. The van der Waals surface area contributed by atoms with Crippen molar-refractivity contribution in [3.63, 3.8) is 0 Å². The maximum atomic E-state index is 10.4. The van der Waals surface area contributed by atoms with E-state index in [4.69, 9.17) is 30.9 Å². The Balaban J connectivity index is 0.000000600. The Bertz CT molecular complexity index is 1400. The average molecular weight is 685 g/mol. The Morgan fingerprint density at radius 1 is 0.915 bits per heavy atom. The molecular weight excluding hydrogens is 638 g/mol. The number of aryl methyl sites for hydroxylation is 3. The summed E-state index contributed by atoms with van der Waals surface area (Å²) in [6.07, 6.45) is 3.84. The number of aliphatic carboxylic acids is 1. The number of carbonyl (C=O) groups is 2. The number of phenolic OH excluding ortho intramolecular Hbond substituents is 1. The van der Waals surface area contributed by atoms with Crippen LogP contribution in [0.5, 0.6) is 17.2 Å². The molecule has 0 saturated carbocycles. The highest BCUT2D eigenvalue weighted by atomic mass is 35.5. The topological polar surface area (TPSA) is 276 Å². The van der Waals surface area contributed by atoms with Gasteiger partial charge in [0, 0.05) is 54.7 Å². The number of ether oxygens (including phenoxy) is 1. The number of carbonyl (C=O) groups excluding carboxylic acids is 1. The molecule has 1 aromatic carbocycles. The second-order valence-corrected chi connectivity index (χ2v) is 10.1. The molecule has 16 heteroatoms. The van der Waals surface area contributed by atoms with Gasteiger partial charge in [0.15, 0.2) is 0 Å². The second-order valence-electron chi connectivity index (χ2n) is 10.1. The van der Waals surface area contributed by atoms with E-state index in [9.17, 15) is 24.9 Å². The molecule has 0 radical (unpaired) electrons. The Morgan fingerprint density at radius 3 is 1.81 bits per heavy atom. The standard InChI is InChI=1S/C9H13NO3.C9H13NO2.C8H12N2O2.C5H7NO3.ClH/c1-6-9(12)8(5-13-2)7(4-11)3-10-6;1-6-2-3-7(5-11)8(4-10)9(6)12;1-5-8(12)7(2-9)6(4-11)3-10-5;7-4-2-1-3(6-4)5(8)9;/h3,11-12H,4-5H2,1-2H3;2-3,11-12H,4-5,10H2,1H3;3,11-12H,2,4,9H2,1H3;3H,1-2H2,(H,6,7)(H,8,9);1H/p+1/t;;;3-;/m...0./s1. The van der Waals surface area contributed by atoms with Crippen molar-refractivity contribution >= 4 is 24.3 Å². The molecule has 1 aliphatic heterocycles. The van der Waals surface area contributed by atoms with Gasteiger partial charge in [0.2, 0.25) is 5.91 Å². The molecular formula is C31H47ClN5O10+. The summed E-state index contributed by atoms with van der Waals surface area (Å²) in [6, 6.07) is 2.97. The van der Waals surface area contributed by atoms with Gasteiger partial charge in [-0.25, -0.2) is 4.79 Å². The smallest absolute Gasteiger partial charge is 0.326 e. The Morgan fingerprint density at radius 2 is 1.43 bits per heavy atom. The molecule has 0 aliphatic carbocycles. The number of quaternary nitrogens is 1. The Kier molecular flexibility index (Phi) is 19.8. The van der Waals surface area contributed by atoms with E-state index in [2.05, 4.69) is 21.0 Å². The molecule has 13 N–H and O–H groups in total.